The lowest BCUT2D eigenvalue weighted by atomic mass is 10.2. The van der Waals surface area contributed by atoms with Crippen LogP contribution in [0, 0.1) is 0 Å². The molecule has 0 aromatic heterocycles. The Morgan fingerprint density at radius 3 is 2.21 bits per heavy atom. The van der Waals surface area contributed by atoms with Gasteiger partial charge in [0.1, 0.15) is 0 Å². The Morgan fingerprint density at radius 2 is 1.86 bits per heavy atom. The number of carbonyl (C=O) groups excluding carboxylic acids is 1. The SMILES string of the molecule is CNc1c(Cl)cc(C(=O)OC)cc1Cl. The zero-order valence-electron chi connectivity index (χ0n) is 7.73. The third-order valence-corrected chi connectivity index (χ3v) is 2.31. The van der Waals surface area contributed by atoms with Gasteiger partial charge in [0.15, 0.2) is 0 Å². The van der Waals surface area contributed by atoms with Gasteiger partial charge in [-0.3, -0.25) is 0 Å². The summed E-state index contributed by atoms with van der Waals surface area (Å²) < 4.78 is 4.54. The van der Waals surface area contributed by atoms with Gasteiger partial charge in [0, 0.05) is 7.05 Å². The second-order valence-electron chi connectivity index (χ2n) is 2.56. The molecule has 0 fully saturated rings. The number of methoxy groups -OCH3 is 1. The smallest absolute Gasteiger partial charge is 0.337 e. The van der Waals surface area contributed by atoms with Gasteiger partial charge in [-0.2, -0.15) is 0 Å². The van der Waals surface area contributed by atoms with Crippen molar-refractivity contribution in [1.82, 2.24) is 0 Å². The van der Waals surface area contributed by atoms with Crippen LogP contribution in [0.1, 0.15) is 10.4 Å². The maximum Gasteiger partial charge on any atom is 0.337 e. The zero-order chi connectivity index (χ0) is 10.7. The monoisotopic (exact) mass is 233 g/mol. The molecule has 1 aromatic rings. The first kappa shape index (κ1) is 11.1. The van der Waals surface area contributed by atoms with Gasteiger partial charge in [-0.25, -0.2) is 4.79 Å². The molecule has 0 bridgehead atoms. The fourth-order valence-corrected chi connectivity index (χ4v) is 1.72. The van der Waals surface area contributed by atoms with Crippen LogP contribution in [0.4, 0.5) is 5.69 Å². The molecule has 14 heavy (non-hydrogen) atoms. The first-order valence-corrected chi connectivity index (χ1v) is 4.61. The van der Waals surface area contributed by atoms with Gasteiger partial charge in [0.2, 0.25) is 0 Å². The van der Waals surface area contributed by atoms with Crippen LogP contribution >= 0.6 is 23.2 Å². The van der Waals surface area contributed by atoms with Gasteiger partial charge in [-0.05, 0) is 12.1 Å². The Morgan fingerprint density at radius 1 is 1.36 bits per heavy atom. The summed E-state index contributed by atoms with van der Waals surface area (Å²) in [7, 11) is 3.00. The first-order chi connectivity index (χ1) is 6.60. The van der Waals surface area contributed by atoms with Crippen LogP contribution < -0.4 is 5.32 Å². The number of anilines is 1. The molecule has 3 nitrogen and oxygen atoms in total. The maximum absolute atomic E-state index is 11.2. The molecule has 1 aromatic carbocycles. The number of esters is 1. The summed E-state index contributed by atoms with van der Waals surface area (Å²) in [4.78, 5) is 11.2. The van der Waals surface area contributed by atoms with E-state index in [-0.39, 0.29) is 0 Å². The van der Waals surface area contributed by atoms with E-state index < -0.39 is 5.97 Å². The van der Waals surface area contributed by atoms with Crippen molar-refractivity contribution in [3.05, 3.63) is 27.7 Å². The number of rotatable bonds is 2. The minimum atomic E-state index is -0.462. The van der Waals surface area contributed by atoms with E-state index in [1.54, 1.807) is 7.05 Å². The van der Waals surface area contributed by atoms with Gasteiger partial charge in [0.05, 0.1) is 28.4 Å². The summed E-state index contributed by atoms with van der Waals surface area (Å²) in [5, 5.41) is 3.61. The molecule has 0 saturated heterocycles. The van der Waals surface area contributed by atoms with E-state index in [9.17, 15) is 4.79 Å². The van der Waals surface area contributed by atoms with Crippen molar-refractivity contribution in [2.75, 3.05) is 19.5 Å². The lowest BCUT2D eigenvalue weighted by molar-refractivity contribution is 0.0601. The standard InChI is InChI=1S/C9H9Cl2NO2/c1-12-8-6(10)3-5(4-7(8)11)9(13)14-2/h3-4,12H,1-2H3. The highest BCUT2D eigenvalue weighted by Gasteiger charge is 2.11. The molecule has 0 atom stereocenters. The minimum absolute atomic E-state index is 0.335. The van der Waals surface area contributed by atoms with Gasteiger partial charge < -0.3 is 10.1 Å². The van der Waals surface area contributed by atoms with E-state index in [1.165, 1.54) is 19.2 Å². The Bertz CT molecular complexity index is 343. The topological polar surface area (TPSA) is 38.3 Å². The molecule has 0 aliphatic rings. The molecular weight excluding hydrogens is 225 g/mol. The molecule has 0 unspecified atom stereocenters. The number of nitrogens with one attached hydrogen (secondary N) is 1. The van der Waals surface area contributed by atoms with Gasteiger partial charge in [-0.15, -0.1) is 0 Å². The van der Waals surface area contributed by atoms with Crippen LogP contribution in [0.25, 0.3) is 0 Å². The number of hydrogen-bond acceptors (Lipinski definition) is 3. The highest BCUT2D eigenvalue weighted by atomic mass is 35.5. The van der Waals surface area contributed by atoms with Crippen LogP contribution in [0.5, 0.6) is 0 Å². The summed E-state index contributed by atoms with van der Waals surface area (Å²) in [6.45, 7) is 0. The van der Waals surface area contributed by atoms with Gasteiger partial charge >= 0.3 is 5.97 Å². The number of halogens is 2. The normalized spacial score (nSPS) is 9.71. The molecule has 76 valence electrons. The Labute approximate surface area is 92.0 Å². The second-order valence-corrected chi connectivity index (χ2v) is 3.37. The molecule has 0 aliphatic heterocycles. The number of ether oxygens (including phenoxy) is 1. The van der Waals surface area contributed by atoms with Crippen molar-refractivity contribution >= 4 is 34.9 Å². The fraction of sp³-hybridized carbons (Fsp3) is 0.222. The van der Waals surface area contributed by atoms with Crippen LogP contribution in [0.15, 0.2) is 12.1 Å². The van der Waals surface area contributed by atoms with E-state index in [1.807, 2.05) is 0 Å². The third kappa shape index (κ3) is 2.11. The summed E-state index contributed by atoms with van der Waals surface area (Å²) in [5.74, 6) is -0.462. The average molecular weight is 234 g/mol. The maximum atomic E-state index is 11.2. The molecular formula is C9H9Cl2NO2. The first-order valence-electron chi connectivity index (χ1n) is 3.85. The van der Waals surface area contributed by atoms with Gasteiger partial charge in [0.25, 0.3) is 0 Å². The number of carbonyl (C=O) groups is 1. The molecule has 0 radical (unpaired) electrons. The van der Waals surface area contributed by atoms with Crippen molar-refractivity contribution in [3.63, 3.8) is 0 Å². The predicted octanol–water partition coefficient (Wildman–Crippen LogP) is 2.82. The fourth-order valence-electron chi connectivity index (χ4n) is 1.05. The lowest BCUT2D eigenvalue weighted by Crippen LogP contribution is -2.02. The quantitative estimate of drug-likeness (QED) is 0.799. The lowest BCUT2D eigenvalue weighted by Gasteiger charge is -2.07. The highest BCUT2D eigenvalue weighted by molar-refractivity contribution is 6.39. The predicted molar refractivity (Wildman–Crippen MR) is 57.3 cm³/mol. The zero-order valence-corrected chi connectivity index (χ0v) is 9.24. The highest BCUT2D eigenvalue weighted by Crippen LogP contribution is 2.31. The van der Waals surface area contributed by atoms with Crippen molar-refractivity contribution < 1.29 is 9.53 Å². The van der Waals surface area contributed by atoms with Gasteiger partial charge in [-0.1, -0.05) is 23.2 Å². The van der Waals surface area contributed by atoms with Crippen LogP contribution in [0.3, 0.4) is 0 Å². The van der Waals surface area contributed by atoms with E-state index in [2.05, 4.69) is 10.1 Å². The Kier molecular flexibility index (Phi) is 3.61. The summed E-state index contributed by atoms with van der Waals surface area (Å²) in [6.07, 6.45) is 0. The number of benzene rings is 1. The van der Waals surface area contributed by atoms with Crippen LogP contribution in [-0.4, -0.2) is 20.1 Å². The van der Waals surface area contributed by atoms with Crippen molar-refractivity contribution in [2.45, 2.75) is 0 Å². The average Bonchev–Trinajstić information content (AvgIpc) is 2.16. The van der Waals surface area contributed by atoms with Crippen molar-refractivity contribution in [2.24, 2.45) is 0 Å². The molecule has 1 N–H and O–H groups in total. The molecule has 0 spiro atoms. The van der Waals surface area contributed by atoms with E-state index >= 15 is 0 Å². The number of hydrogen-bond donors (Lipinski definition) is 1. The molecule has 0 aliphatic carbocycles. The molecule has 0 heterocycles. The van der Waals surface area contributed by atoms with Crippen LogP contribution in [0.2, 0.25) is 10.0 Å². The molecule has 5 heteroatoms. The van der Waals surface area contributed by atoms with E-state index in [0.29, 0.717) is 21.3 Å². The molecule has 0 saturated carbocycles. The minimum Gasteiger partial charge on any atom is -0.465 e. The molecule has 0 amide bonds. The largest absolute Gasteiger partial charge is 0.465 e. The summed E-state index contributed by atoms with van der Waals surface area (Å²) in [5.41, 5.74) is 0.933. The second kappa shape index (κ2) is 4.53. The van der Waals surface area contributed by atoms with Crippen LogP contribution in [-0.2, 0) is 4.74 Å². The van der Waals surface area contributed by atoms with Crippen molar-refractivity contribution in [1.29, 1.82) is 0 Å². The summed E-state index contributed by atoms with van der Waals surface area (Å²) >= 11 is 11.8. The van der Waals surface area contributed by atoms with E-state index in [4.69, 9.17) is 23.2 Å². The van der Waals surface area contributed by atoms with Crippen molar-refractivity contribution in [3.8, 4) is 0 Å². The van der Waals surface area contributed by atoms with E-state index in [0.717, 1.165) is 0 Å². The Hall–Kier alpha value is -0.930. The Balaban J connectivity index is 3.20. The third-order valence-electron chi connectivity index (χ3n) is 1.71. The molecule has 1 rings (SSSR count). The summed E-state index contributed by atoms with van der Waals surface area (Å²) in [6, 6.07) is 3.01.